The van der Waals surface area contributed by atoms with Crippen LogP contribution in [0.3, 0.4) is 0 Å². The summed E-state index contributed by atoms with van der Waals surface area (Å²) in [5, 5.41) is 27.2. The maximum atomic E-state index is 13.0. The number of benzene rings is 3. The largest absolute Gasteiger partial charge is 0.494 e. The third-order valence-electron chi connectivity index (χ3n) is 8.59. The van der Waals surface area contributed by atoms with Crippen molar-refractivity contribution >= 4 is 18.7 Å². The third kappa shape index (κ3) is 10.2. The molecule has 1 atom stereocenters. The van der Waals surface area contributed by atoms with Gasteiger partial charge in [-0.25, -0.2) is 0 Å². The standard InChI is InChI=1S/C37H48BN5O4/c1-29(2)25-36(38(45)46)39-37(44)28-43-35(30-13-6-3-7-14-30)27-34(40-43)31-15-12-18-33(26-31)47-24-11-5-10-19-41-20-22-42(23-21-41)32-16-8-4-9-17-32/h3-4,6-9,12-18,26-27,29,36,45-46H,5,10-11,19-25,28H2,1-2H3,(H,39,44)/t36-/m0/s1. The zero-order chi connectivity index (χ0) is 33.0. The maximum Gasteiger partial charge on any atom is 0.475 e. The SMILES string of the molecule is CC(C)C[C@H](NC(=O)Cn1nc(-c2cccc(OCCCCCN3CCN(c4ccccc4)CC3)c2)cc1-c1ccccc1)B(O)O. The summed E-state index contributed by atoms with van der Waals surface area (Å²) in [6.07, 6.45) is 3.74. The lowest BCUT2D eigenvalue weighted by atomic mass is 9.75. The predicted octanol–water partition coefficient (Wildman–Crippen LogP) is 5.13. The number of carbonyl (C=O) groups is 1. The van der Waals surface area contributed by atoms with Gasteiger partial charge in [0.05, 0.1) is 23.9 Å². The van der Waals surface area contributed by atoms with Gasteiger partial charge in [0, 0.05) is 37.4 Å². The first kappa shape index (κ1) is 34.2. The second kappa shape index (κ2) is 17.2. The minimum atomic E-state index is -1.63. The highest BCUT2D eigenvalue weighted by Gasteiger charge is 2.26. The highest BCUT2D eigenvalue weighted by molar-refractivity contribution is 6.43. The second-order valence-electron chi connectivity index (χ2n) is 12.8. The number of hydrogen-bond acceptors (Lipinski definition) is 7. The van der Waals surface area contributed by atoms with Gasteiger partial charge in [0.15, 0.2) is 0 Å². The number of unbranched alkanes of at least 4 members (excludes halogenated alkanes) is 2. The second-order valence-corrected chi connectivity index (χ2v) is 12.8. The summed E-state index contributed by atoms with van der Waals surface area (Å²) >= 11 is 0. The van der Waals surface area contributed by atoms with E-state index in [-0.39, 0.29) is 18.4 Å². The van der Waals surface area contributed by atoms with Crippen LogP contribution in [0.15, 0.2) is 91.0 Å². The molecule has 3 aromatic carbocycles. The van der Waals surface area contributed by atoms with Gasteiger partial charge < -0.3 is 25.0 Å². The Bertz CT molecular complexity index is 1520. The topological polar surface area (TPSA) is 103 Å². The molecule has 0 unspecified atom stereocenters. The average Bonchev–Trinajstić information content (AvgIpc) is 3.50. The Hall–Kier alpha value is -4.12. The number of nitrogens with one attached hydrogen (secondary N) is 1. The van der Waals surface area contributed by atoms with Gasteiger partial charge in [0.25, 0.3) is 0 Å². The van der Waals surface area contributed by atoms with Crippen molar-refractivity contribution in [1.29, 1.82) is 0 Å². The van der Waals surface area contributed by atoms with Gasteiger partial charge in [-0.15, -0.1) is 0 Å². The summed E-state index contributed by atoms with van der Waals surface area (Å²) < 4.78 is 7.81. The van der Waals surface area contributed by atoms with Crippen molar-refractivity contribution in [2.75, 3.05) is 44.2 Å². The van der Waals surface area contributed by atoms with E-state index in [0.29, 0.717) is 13.0 Å². The van der Waals surface area contributed by atoms with Crippen LogP contribution in [-0.4, -0.2) is 83.0 Å². The number of para-hydroxylation sites is 1. The summed E-state index contributed by atoms with van der Waals surface area (Å²) in [7, 11) is -1.63. The van der Waals surface area contributed by atoms with Gasteiger partial charge in [-0.1, -0.05) is 74.5 Å². The Balaban J connectivity index is 1.13. The molecule has 3 N–H and O–H groups in total. The molecule has 0 aliphatic carbocycles. The molecule has 9 nitrogen and oxygen atoms in total. The summed E-state index contributed by atoms with van der Waals surface area (Å²) in [6.45, 7) is 10.0. The number of anilines is 1. The molecule has 47 heavy (non-hydrogen) atoms. The molecule has 0 radical (unpaired) electrons. The van der Waals surface area contributed by atoms with Crippen LogP contribution in [-0.2, 0) is 11.3 Å². The molecule has 4 aromatic rings. The number of aromatic nitrogens is 2. The average molecular weight is 638 g/mol. The summed E-state index contributed by atoms with van der Waals surface area (Å²) in [4.78, 5) is 18.1. The first-order valence-electron chi connectivity index (χ1n) is 16.9. The van der Waals surface area contributed by atoms with E-state index in [4.69, 9.17) is 9.84 Å². The van der Waals surface area contributed by atoms with E-state index in [2.05, 4.69) is 45.4 Å². The van der Waals surface area contributed by atoms with Gasteiger partial charge in [-0.2, -0.15) is 5.10 Å². The first-order chi connectivity index (χ1) is 22.9. The molecule has 0 bridgehead atoms. The van der Waals surface area contributed by atoms with Crippen molar-refractivity contribution in [1.82, 2.24) is 20.0 Å². The molecule has 1 amide bonds. The van der Waals surface area contributed by atoms with E-state index < -0.39 is 13.1 Å². The molecule has 1 saturated heterocycles. The predicted molar refractivity (Wildman–Crippen MR) is 189 cm³/mol. The zero-order valence-electron chi connectivity index (χ0n) is 27.7. The van der Waals surface area contributed by atoms with E-state index in [1.807, 2.05) is 74.5 Å². The number of piperazine rings is 1. The normalized spacial score (nSPS) is 14.3. The fourth-order valence-corrected chi connectivity index (χ4v) is 6.09. The van der Waals surface area contributed by atoms with Gasteiger partial charge in [0.2, 0.25) is 5.91 Å². The number of ether oxygens (including phenoxy) is 1. The summed E-state index contributed by atoms with van der Waals surface area (Å²) in [6, 6.07) is 30.4. The molecule has 1 aromatic heterocycles. The van der Waals surface area contributed by atoms with Crippen molar-refractivity contribution in [3.63, 3.8) is 0 Å². The van der Waals surface area contributed by atoms with Crippen LogP contribution in [0.25, 0.3) is 22.5 Å². The number of nitrogens with zero attached hydrogens (tertiary/aromatic N) is 4. The summed E-state index contributed by atoms with van der Waals surface area (Å²) in [5.74, 6) is -0.0921. The molecule has 248 valence electrons. The van der Waals surface area contributed by atoms with Gasteiger partial charge in [-0.3, -0.25) is 14.4 Å². The number of amides is 1. The fraction of sp³-hybridized carbons (Fsp3) is 0.405. The Kier molecular flexibility index (Phi) is 12.5. The third-order valence-corrected chi connectivity index (χ3v) is 8.59. The van der Waals surface area contributed by atoms with E-state index in [1.165, 1.54) is 5.69 Å². The van der Waals surface area contributed by atoms with E-state index in [0.717, 1.165) is 80.3 Å². The number of hydrogen-bond donors (Lipinski definition) is 3. The van der Waals surface area contributed by atoms with Crippen molar-refractivity contribution in [2.24, 2.45) is 5.92 Å². The monoisotopic (exact) mass is 637 g/mol. The lowest BCUT2D eigenvalue weighted by Gasteiger charge is -2.36. The Labute approximate surface area is 279 Å². The smallest absolute Gasteiger partial charge is 0.475 e. The molecule has 1 aliphatic heterocycles. The van der Waals surface area contributed by atoms with Crippen LogP contribution >= 0.6 is 0 Å². The lowest BCUT2D eigenvalue weighted by molar-refractivity contribution is -0.122. The highest BCUT2D eigenvalue weighted by Crippen LogP contribution is 2.28. The van der Waals surface area contributed by atoms with Crippen molar-refractivity contribution < 1.29 is 19.6 Å². The molecule has 2 heterocycles. The van der Waals surface area contributed by atoms with Crippen LogP contribution in [0, 0.1) is 5.92 Å². The molecule has 0 saturated carbocycles. The Morgan fingerprint density at radius 3 is 2.28 bits per heavy atom. The van der Waals surface area contributed by atoms with E-state index >= 15 is 0 Å². The zero-order valence-corrected chi connectivity index (χ0v) is 27.7. The van der Waals surface area contributed by atoms with Crippen molar-refractivity contribution in [3.05, 3.63) is 91.0 Å². The van der Waals surface area contributed by atoms with Crippen LogP contribution in [0.2, 0.25) is 0 Å². The van der Waals surface area contributed by atoms with Gasteiger partial charge in [-0.05, 0) is 74.0 Å². The number of rotatable bonds is 16. The van der Waals surface area contributed by atoms with E-state index in [1.54, 1.807) is 4.68 Å². The first-order valence-corrected chi connectivity index (χ1v) is 16.9. The van der Waals surface area contributed by atoms with E-state index in [9.17, 15) is 14.8 Å². The molecular formula is C37H48BN5O4. The minimum Gasteiger partial charge on any atom is -0.494 e. The summed E-state index contributed by atoms with van der Waals surface area (Å²) in [5.41, 5.74) is 4.68. The Morgan fingerprint density at radius 2 is 1.57 bits per heavy atom. The van der Waals surface area contributed by atoms with Crippen LogP contribution < -0.4 is 15.0 Å². The molecule has 5 rings (SSSR count). The number of carbonyl (C=O) groups excluding carboxylic acids is 1. The Morgan fingerprint density at radius 1 is 0.872 bits per heavy atom. The lowest BCUT2D eigenvalue weighted by Crippen LogP contribution is -2.48. The minimum absolute atomic E-state index is 0.0511. The molecule has 10 heteroatoms. The van der Waals surface area contributed by atoms with Crippen molar-refractivity contribution in [3.8, 4) is 28.3 Å². The quantitative estimate of drug-likeness (QED) is 0.116. The molecule has 1 fully saturated rings. The van der Waals surface area contributed by atoms with Gasteiger partial charge >= 0.3 is 7.12 Å². The maximum absolute atomic E-state index is 13.0. The van der Waals surface area contributed by atoms with Crippen LogP contribution in [0.5, 0.6) is 5.75 Å². The fourth-order valence-electron chi connectivity index (χ4n) is 6.09. The highest BCUT2D eigenvalue weighted by atomic mass is 16.5. The van der Waals surface area contributed by atoms with Crippen LogP contribution in [0.1, 0.15) is 39.5 Å². The van der Waals surface area contributed by atoms with Crippen molar-refractivity contribution in [2.45, 2.75) is 52.0 Å². The van der Waals surface area contributed by atoms with Gasteiger partial charge in [0.1, 0.15) is 12.3 Å². The molecular weight excluding hydrogens is 589 g/mol. The molecule has 0 spiro atoms. The molecule has 1 aliphatic rings. The van der Waals surface area contributed by atoms with Crippen LogP contribution in [0.4, 0.5) is 5.69 Å².